The first-order valence-electron chi connectivity index (χ1n) is 4.21. The van der Waals surface area contributed by atoms with Gasteiger partial charge in [0.05, 0.1) is 5.02 Å². The SMILES string of the molecule is CC(C)=CCc1cccc(Cl)c1O. The molecule has 0 aromatic heterocycles. The number of rotatable bonds is 2. The summed E-state index contributed by atoms with van der Waals surface area (Å²) in [4.78, 5) is 0. The smallest absolute Gasteiger partial charge is 0.137 e. The average molecular weight is 197 g/mol. The van der Waals surface area contributed by atoms with E-state index in [0.29, 0.717) is 5.02 Å². The Morgan fingerprint density at radius 2 is 2.15 bits per heavy atom. The average Bonchev–Trinajstić information content (AvgIpc) is 2.07. The molecule has 0 aliphatic heterocycles. The van der Waals surface area contributed by atoms with Gasteiger partial charge in [0, 0.05) is 0 Å². The highest BCUT2D eigenvalue weighted by atomic mass is 35.5. The molecule has 0 saturated heterocycles. The molecule has 1 aromatic carbocycles. The fourth-order valence-electron chi connectivity index (χ4n) is 1.04. The van der Waals surface area contributed by atoms with Crippen LogP contribution in [0.25, 0.3) is 0 Å². The van der Waals surface area contributed by atoms with Crippen molar-refractivity contribution in [3.05, 3.63) is 40.4 Å². The van der Waals surface area contributed by atoms with Crippen LogP contribution in [0.1, 0.15) is 19.4 Å². The molecule has 0 fully saturated rings. The predicted molar refractivity (Wildman–Crippen MR) is 56.3 cm³/mol. The Morgan fingerprint density at radius 1 is 1.46 bits per heavy atom. The van der Waals surface area contributed by atoms with E-state index in [0.717, 1.165) is 12.0 Å². The Hall–Kier alpha value is -0.950. The highest BCUT2D eigenvalue weighted by Crippen LogP contribution is 2.27. The number of phenolic OH excluding ortho intramolecular Hbond substituents is 1. The molecule has 0 heterocycles. The molecule has 0 amide bonds. The van der Waals surface area contributed by atoms with Crippen LogP contribution in [-0.2, 0) is 6.42 Å². The van der Waals surface area contributed by atoms with Crippen LogP contribution in [0, 0.1) is 0 Å². The number of phenols is 1. The van der Waals surface area contributed by atoms with Crippen molar-refractivity contribution in [3.63, 3.8) is 0 Å². The van der Waals surface area contributed by atoms with Gasteiger partial charge in [-0.05, 0) is 31.9 Å². The van der Waals surface area contributed by atoms with Gasteiger partial charge in [-0.2, -0.15) is 0 Å². The maximum atomic E-state index is 9.55. The maximum Gasteiger partial charge on any atom is 0.137 e. The lowest BCUT2D eigenvalue weighted by Crippen LogP contribution is -1.83. The topological polar surface area (TPSA) is 20.2 Å². The fourth-order valence-corrected chi connectivity index (χ4v) is 1.23. The molecule has 70 valence electrons. The second kappa shape index (κ2) is 4.33. The van der Waals surface area contributed by atoms with Gasteiger partial charge in [-0.1, -0.05) is 35.4 Å². The van der Waals surface area contributed by atoms with Crippen LogP contribution in [0.2, 0.25) is 5.02 Å². The zero-order chi connectivity index (χ0) is 9.84. The lowest BCUT2D eigenvalue weighted by molar-refractivity contribution is 0.470. The van der Waals surface area contributed by atoms with Crippen molar-refractivity contribution in [1.82, 2.24) is 0 Å². The van der Waals surface area contributed by atoms with Crippen molar-refractivity contribution in [3.8, 4) is 5.75 Å². The minimum absolute atomic E-state index is 0.196. The van der Waals surface area contributed by atoms with Gasteiger partial charge in [-0.15, -0.1) is 0 Å². The van der Waals surface area contributed by atoms with E-state index >= 15 is 0 Å². The Bertz CT molecular complexity index is 325. The van der Waals surface area contributed by atoms with Gasteiger partial charge in [0.1, 0.15) is 5.75 Å². The summed E-state index contributed by atoms with van der Waals surface area (Å²) in [6, 6.07) is 5.40. The summed E-state index contributed by atoms with van der Waals surface area (Å²) >= 11 is 5.76. The van der Waals surface area contributed by atoms with E-state index in [1.165, 1.54) is 5.57 Å². The van der Waals surface area contributed by atoms with E-state index in [4.69, 9.17) is 11.6 Å². The number of benzene rings is 1. The van der Waals surface area contributed by atoms with Gasteiger partial charge >= 0.3 is 0 Å². The molecule has 0 aliphatic rings. The van der Waals surface area contributed by atoms with Gasteiger partial charge < -0.3 is 5.11 Å². The molecule has 1 nitrogen and oxygen atoms in total. The van der Waals surface area contributed by atoms with E-state index in [1.54, 1.807) is 6.07 Å². The zero-order valence-electron chi connectivity index (χ0n) is 7.84. The predicted octanol–water partition coefficient (Wildman–Crippen LogP) is 3.55. The third-order valence-electron chi connectivity index (χ3n) is 1.80. The third-order valence-corrected chi connectivity index (χ3v) is 2.11. The second-order valence-electron chi connectivity index (χ2n) is 3.23. The Labute approximate surface area is 83.7 Å². The molecule has 1 N–H and O–H groups in total. The van der Waals surface area contributed by atoms with Gasteiger partial charge in [-0.25, -0.2) is 0 Å². The molecule has 0 saturated carbocycles. The maximum absolute atomic E-state index is 9.55. The summed E-state index contributed by atoms with van der Waals surface area (Å²) in [7, 11) is 0. The van der Waals surface area contributed by atoms with Crippen LogP contribution in [-0.4, -0.2) is 5.11 Å². The summed E-state index contributed by atoms with van der Waals surface area (Å²) in [6.07, 6.45) is 2.79. The molecule has 0 atom stereocenters. The Morgan fingerprint density at radius 3 is 2.77 bits per heavy atom. The second-order valence-corrected chi connectivity index (χ2v) is 3.64. The molecule has 0 spiro atoms. The summed E-state index contributed by atoms with van der Waals surface area (Å²) in [5, 5.41) is 9.97. The molecule has 0 bridgehead atoms. The minimum atomic E-state index is 0.196. The van der Waals surface area contributed by atoms with Gasteiger partial charge in [0.25, 0.3) is 0 Å². The normalized spacial score (nSPS) is 9.77. The number of hydrogen-bond donors (Lipinski definition) is 1. The molecular formula is C11H13ClO. The van der Waals surface area contributed by atoms with Crippen LogP contribution in [0.3, 0.4) is 0 Å². The van der Waals surface area contributed by atoms with Crippen LogP contribution in [0.5, 0.6) is 5.75 Å². The van der Waals surface area contributed by atoms with Gasteiger partial charge in [0.2, 0.25) is 0 Å². The first-order valence-corrected chi connectivity index (χ1v) is 4.59. The van der Waals surface area contributed by atoms with Crippen LogP contribution < -0.4 is 0 Å². The van der Waals surface area contributed by atoms with Crippen LogP contribution in [0.4, 0.5) is 0 Å². The largest absolute Gasteiger partial charge is 0.506 e. The van der Waals surface area contributed by atoms with Gasteiger partial charge in [0.15, 0.2) is 0 Å². The molecule has 0 unspecified atom stereocenters. The quantitative estimate of drug-likeness (QED) is 0.718. The van der Waals surface area contributed by atoms with Crippen molar-refractivity contribution in [1.29, 1.82) is 0 Å². The van der Waals surface area contributed by atoms with E-state index in [2.05, 4.69) is 6.08 Å². The van der Waals surface area contributed by atoms with Crippen molar-refractivity contribution in [2.24, 2.45) is 0 Å². The molecule has 13 heavy (non-hydrogen) atoms. The number of para-hydroxylation sites is 1. The molecule has 0 radical (unpaired) electrons. The lowest BCUT2D eigenvalue weighted by Gasteiger charge is -2.02. The van der Waals surface area contributed by atoms with Crippen molar-refractivity contribution in [2.45, 2.75) is 20.3 Å². The number of hydrogen-bond acceptors (Lipinski definition) is 1. The third kappa shape index (κ3) is 2.78. The molecular weight excluding hydrogens is 184 g/mol. The van der Waals surface area contributed by atoms with E-state index in [1.807, 2.05) is 26.0 Å². The summed E-state index contributed by atoms with van der Waals surface area (Å²) in [6.45, 7) is 4.06. The summed E-state index contributed by atoms with van der Waals surface area (Å²) in [5.74, 6) is 0.196. The summed E-state index contributed by atoms with van der Waals surface area (Å²) in [5.41, 5.74) is 2.10. The van der Waals surface area contributed by atoms with E-state index < -0.39 is 0 Å². The fraction of sp³-hybridized carbons (Fsp3) is 0.273. The van der Waals surface area contributed by atoms with Gasteiger partial charge in [-0.3, -0.25) is 0 Å². The minimum Gasteiger partial charge on any atom is -0.506 e. The standard InChI is InChI=1S/C11H13ClO/c1-8(2)6-7-9-4-3-5-10(12)11(9)13/h3-6,13H,7H2,1-2H3. The van der Waals surface area contributed by atoms with Crippen molar-refractivity contribution < 1.29 is 5.11 Å². The first-order chi connectivity index (χ1) is 6.11. The zero-order valence-corrected chi connectivity index (χ0v) is 8.60. The number of halogens is 1. The molecule has 1 rings (SSSR count). The summed E-state index contributed by atoms with van der Waals surface area (Å²) < 4.78 is 0. The van der Waals surface area contributed by atoms with E-state index in [-0.39, 0.29) is 5.75 Å². The Kier molecular flexibility index (Phi) is 3.38. The van der Waals surface area contributed by atoms with Crippen molar-refractivity contribution >= 4 is 11.6 Å². The number of aromatic hydroxyl groups is 1. The lowest BCUT2D eigenvalue weighted by atomic mass is 10.1. The number of allylic oxidation sites excluding steroid dienone is 2. The Balaban J connectivity index is 2.89. The van der Waals surface area contributed by atoms with Crippen molar-refractivity contribution in [2.75, 3.05) is 0 Å². The van der Waals surface area contributed by atoms with Crippen LogP contribution >= 0.6 is 11.6 Å². The highest BCUT2D eigenvalue weighted by Gasteiger charge is 2.02. The first kappa shape index (κ1) is 10.1. The highest BCUT2D eigenvalue weighted by molar-refractivity contribution is 6.32. The van der Waals surface area contributed by atoms with Crippen LogP contribution in [0.15, 0.2) is 29.8 Å². The molecule has 0 aliphatic carbocycles. The molecule has 1 aromatic rings. The monoisotopic (exact) mass is 196 g/mol. The molecule has 2 heteroatoms. The van der Waals surface area contributed by atoms with E-state index in [9.17, 15) is 5.11 Å².